The van der Waals surface area contributed by atoms with Gasteiger partial charge in [0.15, 0.2) is 0 Å². The summed E-state index contributed by atoms with van der Waals surface area (Å²) in [4.78, 5) is 4.55. The topological polar surface area (TPSA) is 43.4 Å². The maximum absolute atomic E-state index is 6.12. The van der Waals surface area contributed by atoms with Crippen molar-refractivity contribution in [1.29, 1.82) is 0 Å². The first kappa shape index (κ1) is 14.3. The summed E-state index contributed by atoms with van der Waals surface area (Å²) in [5.74, 6) is 0.748. The lowest BCUT2D eigenvalue weighted by atomic mass is 10.1. The molecule has 1 aliphatic heterocycles. The molecule has 1 N–H and O–H groups in total. The number of rotatable bonds is 5. The van der Waals surface area contributed by atoms with Crippen LogP contribution in [0, 0.1) is 0 Å². The van der Waals surface area contributed by atoms with Crippen molar-refractivity contribution in [3.8, 4) is 5.88 Å². The molecule has 2 heterocycles. The maximum atomic E-state index is 6.12. The molecule has 1 saturated heterocycles. The second-order valence-corrected chi connectivity index (χ2v) is 5.34. The lowest BCUT2D eigenvalue weighted by Crippen LogP contribution is -2.26. The number of nitrogens with one attached hydrogen (secondary N) is 1. The van der Waals surface area contributed by atoms with E-state index in [1.54, 1.807) is 0 Å². The van der Waals surface area contributed by atoms with Crippen molar-refractivity contribution in [3.05, 3.63) is 36.0 Å². The highest BCUT2D eigenvalue weighted by Gasteiger charge is 2.17. The van der Waals surface area contributed by atoms with Gasteiger partial charge in [-0.25, -0.2) is 4.98 Å². The molecule has 3 rings (SSSR count). The van der Waals surface area contributed by atoms with E-state index in [4.69, 9.17) is 9.47 Å². The Labute approximate surface area is 125 Å². The van der Waals surface area contributed by atoms with E-state index in [-0.39, 0.29) is 6.10 Å². The SMILES string of the molecule is CCNCc1cnc(OC2CCOCC2)c2ccccc12. The third-order valence-electron chi connectivity index (χ3n) is 3.85. The number of fused-ring (bicyclic) bond motifs is 1. The monoisotopic (exact) mass is 286 g/mol. The van der Waals surface area contributed by atoms with E-state index in [1.807, 2.05) is 12.3 Å². The predicted molar refractivity (Wildman–Crippen MR) is 83.6 cm³/mol. The van der Waals surface area contributed by atoms with Crippen molar-refractivity contribution in [2.24, 2.45) is 0 Å². The summed E-state index contributed by atoms with van der Waals surface area (Å²) in [6, 6.07) is 8.33. The first-order valence-electron chi connectivity index (χ1n) is 7.70. The van der Waals surface area contributed by atoms with Gasteiger partial charge in [0.05, 0.1) is 13.2 Å². The fraction of sp³-hybridized carbons (Fsp3) is 0.471. The predicted octanol–water partition coefficient (Wildman–Crippen LogP) is 2.90. The first-order valence-corrected chi connectivity index (χ1v) is 7.70. The summed E-state index contributed by atoms with van der Waals surface area (Å²) >= 11 is 0. The number of hydrogen-bond donors (Lipinski definition) is 1. The smallest absolute Gasteiger partial charge is 0.221 e. The molecule has 0 bridgehead atoms. The van der Waals surface area contributed by atoms with E-state index in [1.165, 1.54) is 10.9 Å². The van der Waals surface area contributed by atoms with Crippen LogP contribution in [-0.4, -0.2) is 30.8 Å². The summed E-state index contributed by atoms with van der Waals surface area (Å²) in [6.45, 7) is 5.46. The van der Waals surface area contributed by atoms with Crippen LogP contribution >= 0.6 is 0 Å². The largest absolute Gasteiger partial charge is 0.474 e. The molecule has 0 saturated carbocycles. The number of benzene rings is 1. The Balaban J connectivity index is 1.88. The highest BCUT2D eigenvalue weighted by molar-refractivity contribution is 5.89. The van der Waals surface area contributed by atoms with E-state index in [0.717, 1.165) is 50.4 Å². The molecule has 0 radical (unpaired) electrons. The fourth-order valence-electron chi connectivity index (χ4n) is 2.67. The van der Waals surface area contributed by atoms with Crippen LogP contribution in [0.3, 0.4) is 0 Å². The van der Waals surface area contributed by atoms with E-state index in [0.29, 0.717) is 0 Å². The molecule has 0 unspecified atom stereocenters. The highest BCUT2D eigenvalue weighted by Crippen LogP contribution is 2.28. The minimum atomic E-state index is 0.217. The van der Waals surface area contributed by atoms with Crippen LogP contribution in [0.5, 0.6) is 5.88 Å². The van der Waals surface area contributed by atoms with Gasteiger partial charge in [0.2, 0.25) is 5.88 Å². The van der Waals surface area contributed by atoms with Crippen molar-refractivity contribution < 1.29 is 9.47 Å². The molecule has 0 atom stereocenters. The third-order valence-corrected chi connectivity index (χ3v) is 3.85. The van der Waals surface area contributed by atoms with Crippen molar-refractivity contribution in [2.45, 2.75) is 32.4 Å². The minimum Gasteiger partial charge on any atom is -0.474 e. The Morgan fingerprint density at radius 2 is 2.00 bits per heavy atom. The molecule has 4 nitrogen and oxygen atoms in total. The van der Waals surface area contributed by atoms with Crippen LogP contribution < -0.4 is 10.1 Å². The van der Waals surface area contributed by atoms with E-state index >= 15 is 0 Å². The summed E-state index contributed by atoms with van der Waals surface area (Å²) in [7, 11) is 0. The Morgan fingerprint density at radius 1 is 1.24 bits per heavy atom. The standard InChI is InChI=1S/C17H22N2O2/c1-2-18-11-13-12-19-17(16-6-4-3-5-15(13)16)21-14-7-9-20-10-8-14/h3-6,12,14,18H,2,7-11H2,1H3. The van der Waals surface area contributed by atoms with Gasteiger partial charge in [0.25, 0.3) is 0 Å². The van der Waals surface area contributed by atoms with Gasteiger partial charge < -0.3 is 14.8 Å². The molecule has 1 aromatic heterocycles. The van der Waals surface area contributed by atoms with E-state index in [9.17, 15) is 0 Å². The molecule has 0 spiro atoms. The Hall–Kier alpha value is -1.65. The van der Waals surface area contributed by atoms with Crippen LogP contribution in [-0.2, 0) is 11.3 Å². The Kier molecular flexibility index (Phi) is 4.68. The van der Waals surface area contributed by atoms with Crippen LogP contribution in [0.1, 0.15) is 25.3 Å². The van der Waals surface area contributed by atoms with Gasteiger partial charge in [-0.15, -0.1) is 0 Å². The van der Waals surface area contributed by atoms with Gasteiger partial charge in [-0.3, -0.25) is 0 Å². The van der Waals surface area contributed by atoms with Crippen molar-refractivity contribution in [2.75, 3.05) is 19.8 Å². The van der Waals surface area contributed by atoms with Crippen LogP contribution in [0.25, 0.3) is 10.8 Å². The molecule has 1 fully saturated rings. The average Bonchev–Trinajstić information content (AvgIpc) is 2.55. The Bertz CT molecular complexity index is 594. The molecule has 0 aliphatic carbocycles. The summed E-state index contributed by atoms with van der Waals surface area (Å²) in [6.07, 6.45) is 4.03. The molecule has 21 heavy (non-hydrogen) atoms. The van der Waals surface area contributed by atoms with Crippen molar-refractivity contribution >= 4 is 10.8 Å². The molecular weight excluding hydrogens is 264 g/mol. The molecule has 0 amide bonds. The third kappa shape index (κ3) is 3.34. The lowest BCUT2D eigenvalue weighted by Gasteiger charge is -2.23. The maximum Gasteiger partial charge on any atom is 0.221 e. The summed E-state index contributed by atoms with van der Waals surface area (Å²) in [5, 5.41) is 5.67. The highest BCUT2D eigenvalue weighted by atomic mass is 16.5. The zero-order valence-corrected chi connectivity index (χ0v) is 12.5. The number of hydrogen-bond acceptors (Lipinski definition) is 4. The number of aromatic nitrogens is 1. The quantitative estimate of drug-likeness (QED) is 0.918. The summed E-state index contributed by atoms with van der Waals surface area (Å²) in [5.41, 5.74) is 1.21. The lowest BCUT2D eigenvalue weighted by molar-refractivity contribution is 0.0244. The second-order valence-electron chi connectivity index (χ2n) is 5.34. The molecule has 112 valence electrons. The zero-order chi connectivity index (χ0) is 14.5. The zero-order valence-electron chi connectivity index (χ0n) is 12.5. The van der Waals surface area contributed by atoms with Gasteiger partial charge in [0.1, 0.15) is 6.10 Å². The van der Waals surface area contributed by atoms with Gasteiger partial charge in [0, 0.05) is 31.0 Å². The summed E-state index contributed by atoms with van der Waals surface area (Å²) < 4.78 is 11.5. The molecule has 1 aromatic carbocycles. The molecule has 4 heteroatoms. The number of pyridine rings is 1. The van der Waals surface area contributed by atoms with Gasteiger partial charge in [-0.2, -0.15) is 0 Å². The van der Waals surface area contributed by atoms with Crippen LogP contribution in [0.15, 0.2) is 30.5 Å². The first-order chi connectivity index (χ1) is 10.4. The van der Waals surface area contributed by atoms with Gasteiger partial charge in [-0.1, -0.05) is 25.1 Å². The van der Waals surface area contributed by atoms with Gasteiger partial charge >= 0.3 is 0 Å². The van der Waals surface area contributed by atoms with Crippen LogP contribution in [0.4, 0.5) is 0 Å². The average molecular weight is 286 g/mol. The number of ether oxygens (including phenoxy) is 2. The molecular formula is C17H22N2O2. The Morgan fingerprint density at radius 3 is 2.76 bits per heavy atom. The van der Waals surface area contributed by atoms with Gasteiger partial charge in [-0.05, 0) is 23.6 Å². The fourth-order valence-corrected chi connectivity index (χ4v) is 2.67. The normalized spacial score (nSPS) is 16.2. The van der Waals surface area contributed by atoms with E-state index < -0.39 is 0 Å². The minimum absolute atomic E-state index is 0.217. The van der Waals surface area contributed by atoms with E-state index in [2.05, 4.69) is 35.4 Å². The second kappa shape index (κ2) is 6.87. The van der Waals surface area contributed by atoms with Crippen molar-refractivity contribution in [1.82, 2.24) is 10.3 Å². The number of nitrogens with zero attached hydrogens (tertiary/aromatic N) is 1. The molecule has 1 aliphatic rings. The molecule has 2 aromatic rings. The van der Waals surface area contributed by atoms with Crippen LogP contribution in [0.2, 0.25) is 0 Å². The van der Waals surface area contributed by atoms with Crippen molar-refractivity contribution in [3.63, 3.8) is 0 Å².